The number of nitrogens with two attached hydrogens (primary N) is 1. The van der Waals surface area contributed by atoms with Gasteiger partial charge in [-0.2, -0.15) is 5.10 Å². The van der Waals surface area contributed by atoms with Gasteiger partial charge < -0.3 is 25.9 Å². The highest BCUT2D eigenvalue weighted by atomic mass is 16.5. The van der Waals surface area contributed by atoms with Crippen LogP contribution in [0.1, 0.15) is 33.0 Å². The predicted molar refractivity (Wildman–Crippen MR) is 148 cm³/mol. The quantitative estimate of drug-likeness (QED) is 0.244. The lowest BCUT2D eigenvalue weighted by molar-refractivity contribution is 0.0685. The SMILES string of the molecule is NC1=N[C@@H](CCc2ccc(NC(=O)c3ccc(-n4cccn4)nc3)cc2)CO1.O=C(O)c1nc2ccccc2[nH]1. The van der Waals surface area contributed by atoms with E-state index in [2.05, 4.69) is 30.4 Å². The van der Waals surface area contributed by atoms with Crippen molar-refractivity contribution in [2.45, 2.75) is 18.9 Å². The van der Waals surface area contributed by atoms with Crippen molar-refractivity contribution < 1.29 is 19.4 Å². The number of hydrogen-bond acceptors (Lipinski definition) is 8. The van der Waals surface area contributed by atoms with E-state index in [1.807, 2.05) is 42.5 Å². The molecule has 1 atom stereocenters. The Hall–Kier alpha value is -5.52. The third-order valence-corrected chi connectivity index (χ3v) is 6.05. The van der Waals surface area contributed by atoms with E-state index in [0.29, 0.717) is 23.5 Å². The fraction of sp³-hybridized carbons (Fsp3) is 0.143. The van der Waals surface area contributed by atoms with E-state index in [9.17, 15) is 9.59 Å². The second kappa shape index (κ2) is 11.9. The molecule has 3 aromatic heterocycles. The average Bonchev–Trinajstić information content (AvgIpc) is 3.74. The number of rotatable bonds is 7. The zero-order chi connectivity index (χ0) is 27.9. The molecule has 40 heavy (non-hydrogen) atoms. The van der Waals surface area contributed by atoms with Gasteiger partial charge in [0.25, 0.3) is 11.9 Å². The third-order valence-electron chi connectivity index (χ3n) is 6.05. The van der Waals surface area contributed by atoms with E-state index in [0.717, 1.165) is 24.0 Å². The molecule has 0 radical (unpaired) electrons. The van der Waals surface area contributed by atoms with Crippen molar-refractivity contribution in [3.05, 3.63) is 102 Å². The molecule has 0 unspecified atom stereocenters. The van der Waals surface area contributed by atoms with Crippen LogP contribution in [0, 0.1) is 0 Å². The number of anilines is 1. The van der Waals surface area contributed by atoms with E-state index in [1.165, 1.54) is 11.8 Å². The smallest absolute Gasteiger partial charge is 0.371 e. The Morgan fingerprint density at radius 1 is 1.10 bits per heavy atom. The molecular weight excluding hydrogens is 512 g/mol. The van der Waals surface area contributed by atoms with Crippen molar-refractivity contribution in [1.82, 2.24) is 24.7 Å². The van der Waals surface area contributed by atoms with Crippen LogP contribution >= 0.6 is 0 Å². The summed E-state index contributed by atoms with van der Waals surface area (Å²) in [6.45, 7) is 0.549. The first-order valence-corrected chi connectivity index (χ1v) is 12.4. The maximum Gasteiger partial charge on any atom is 0.371 e. The lowest BCUT2D eigenvalue weighted by Gasteiger charge is -2.08. The van der Waals surface area contributed by atoms with Crippen LogP contribution < -0.4 is 11.1 Å². The van der Waals surface area contributed by atoms with Crippen LogP contribution in [-0.4, -0.2) is 60.4 Å². The Bertz CT molecular complexity index is 1590. The number of H-pyrrole nitrogens is 1. The first-order valence-electron chi connectivity index (χ1n) is 12.4. The summed E-state index contributed by atoms with van der Waals surface area (Å²) >= 11 is 0. The van der Waals surface area contributed by atoms with Crippen LogP contribution in [0.4, 0.5) is 5.69 Å². The van der Waals surface area contributed by atoms with Gasteiger partial charge in [0.1, 0.15) is 6.61 Å². The predicted octanol–water partition coefficient (Wildman–Crippen LogP) is 3.43. The molecule has 1 aliphatic heterocycles. The lowest BCUT2D eigenvalue weighted by Crippen LogP contribution is -2.13. The number of nitrogens with one attached hydrogen (secondary N) is 2. The Balaban J connectivity index is 0.000000223. The number of carboxylic acid groups (broad SMARTS) is 1. The molecule has 12 heteroatoms. The maximum absolute atomic E-state index is 12.4. The summed E-state index contributed by atoms with van der Waals surface area (Å²) in [6, 6.07) is 20.7. The number of aromatic amines is 1. The Morgan fingerprint density at radius 3 is 2.58 bits per heavy atom. The molecule has 4 heterocycles. The molecule has 202 valence electrons. The van der Waals surface area contributed by atoms with Crippen molar-refractivity contribution in [1.29, 1.82) is 0 Å². The van der Waals surface area contributed by atoms with E-state index >= 15 is 0 Å². The molecule has 5 aromatic rings. The number of aliphatic imine (C=N–C) groups is 1. The topological polar surface area (TPSA) is 173 Å². The summed E-state index contributed by atoms with van der Waals surface area (Å²) in [7, 11) is 0. The maximum atomic E-state index is 12.4. The number of nitrogens with zero attached hydrogens (tertiary/aromatic N) is 5. The number of amidine groups is 1. The molecule has 0 fully saturated rings. The van der Waals surface area contributed by atoms with Crippen molar-refractivity contribution in [2.24, 2.45) is 10.7 Å². The number of aromatic nitrogens is 5. The highest BCUT2D eigenvalue weighted by Gasteiger charge is 2.16. The molecular formula is C28H26N8O4. The summed E-state index contributed by atoms with van der Waals surface area (Å²) in [4.78, 5) is 37.9. The zero-order valence-electron chi connectivity index (χ0n) is 21.3. The molecule has 0 aliphatic carbocycles. The number of carbonyl (C=O) groups is 2. The Morgan fingerprint density at radius 2 is 1.93 bits per heavy atom. The molecule has 5 N–H and O–H groups in total. The average molecular weight is 539 g/mol. The normalized spacial score (nSPS) is 14.1. The van der Waals surface area contributed by atoms with Gasteiger partial charge in [0.05, 0.1) is 22.6 Å². The van der Waals surface area contributed by atoms with Crippen LogP contribution in [-0.2, 0) is 11.2 Å². The first kappa shape index (κ1) is 26.1. The molecule has 1 amide bonds. The summed E-state index contributed by atoms with van der Waals surface area (Å²) < 4.78 is 6.79. The van der Waals surface area contributed by atoms with E-state index in [4.69, 9.17) is 15.6 Å². The minimum absolute atomic E-state index is 0.0174. The summed E-state index contributed by atoms with van der Waals surface area (Å²) in [5, 5.41) is 15.6. The van der Waals surface area contributed by atoms with Gasteiger partial charge in [0.15, 0.2) is 5.82 Å². The van der Waals surface area contributed by atoms with Crippen LogP contribution in [0.15, 0.2) is 90.3 Å². The van der Waals surface area contributed by atoms with Crippen LogP contribution in [0.2, 0.25) is 0 Å². The standard InChI is InChI=1S/C20H20N6O2.C8H6N2O2/c21-20-25-17(13-28-20)8-4-14-2-6-16(7-3-14)24-19(27)15-5-9-18(22-12-15)26-11-1-10-23-26;11-8(12)7-9-5-3-1-2-4-6(5)10-7/h1-3,5-7,9-12,17H,4,8,13H2,(H2,21,25)(H,24,27);1-4H,(H,9,10)(H,11,12)/t17-;/m0./s1. The van der Waals surface area contributed by atoms with Gasteiger partial charge in [-0.15, -0.1) is 0 Å². The van der Waals surface area contributed by atoms with Crippen molar-refractivity contribution in [3.8, 4) is 5.82 Å². The molecule has 0 saturated heterocycles. The number of para-hydroxylation sites is 2. The molecule has 1 aliphatic rings. The minimum Gasteiger partial charge on any atom is -0.475 e. The number of pyridine rings is 1. The molecule has 2 aromatic carbocycles. The number of aromatic carboxylic acids is 1. The molecule has 12 nitrogen and oxygen atoms in total. The van der Waals surface area contributed by atoms with E-state index in [-0.39, 0.29) is 23.8 Å². The fourth-order valence-corrected chi connectivity index (χ4v) is 3.99. The van der Waals surface area contributed by atoms with Gasteiger partial charge in [-0.3, -0.25) is 4.79 Å². The fourth-order valence-electron chi connectivity index (χ4n) is 3.99. The second-order valence-corrected chi connectivity index (χ2v) is 8.89. The summed E-state index contributed by atoms with van der Waals surface area (Å²) in [5.74, 6) is -0.604. The Labute approximate surface area is 228 Å². The minimum atomic E-state index is -1.04. The van der Waals surface area contributed by atoms with Gasteiger partial charge in [-0.05, 0) is 60.9 Å². The number of aryl methyl sites for hydroxylation is 1. The van der Waals surface area contributed by atoms with Gasteiger partial charge in [-0.25, -0.2) is 24.4 Å². The van der Waals surface area contributed by atoms with E-state index in [1.54, 1.807) is 41.3 Å². The highest BCUT2D eigenvalue weighted by Crippen LogP contribution is 2.16. The molecule has 6 rings (SSSR count). The molecule has 0 saturated carbocycles. The van der Waals surface area contributed by atoms with Crippen molar-refractivity contribution >= 4 is 34.6 Å². The largest absolute Gasteiger partial charge is 0.475 e. The number of hydrogen-bond donors (Lipinski definition) is 4. The van der Waals surface area contributed by atoms with Gasteiger partial charge in [0, 0.05) is 24.3 Å². The van der Waals surface area contributed by atoms with Crippen molar-refractivity contribution in [3.63, 3.8) is 0 Å². The number of carboxylic acids is 1. The van der Waals surface area contributed by atoms with Crippen LogP contribution in [0.3, 0.4) is 0 Å². The number of fused-ring (bicyclic) bond motifs is 1. The number of carbonyl (C=O) groups excluding carboxylic acids is 1. The van der Waals surface area contributed by atoms with Gasteiger partial charge in [0.2, 0.25) is 5.82 Å². The first-order chi connectivity index (χ1) is 19.4. The van der Waals surface area contributed by atoms with Crippen LogP contribution in [0.5, 0.6) is 0 Å². The van der Waals surface area contributed by atoms with Crippen molar-refractivity contribution in [2.75, 3.05) is 11.9 Å². The number of imidazole rings is 1. The highest BCUT2D eigenvalue weighted by molar-refractivity contribution is 6.04. The number of amides is 1. The lowest BCUT2D eigenvalue weighted by atomic mass is 10.1. The van der Waals surface area contributed by atoms with Crippen LogP contribution in [0.25, 0.3) is 16.9 Å². The number of ether oxygens (including phenoxy) is 1. The number of benzene rings is 2. The van der Waals surface area contributed by atoms with Gasteiger partial charge in [-0.1, -0.05) is 24.3 Å². The second-order valence-electron chi connectivity index (χ2n) is 8.89. The van der Waals surface area contributed by atoms with E-state index < -0.39 is 5.97 Å². The third kappa shape index (κ3) is 6.48. The zero-order valence-corrected chi connectivity index (χ0v) is 21.3. The monoisotopic (exact) mass is 538 g/mol. The summed E-state index contributed by atoms with van der Waals surface area (Å²) in [5.41, 5.74) is 9.33. The molecule has 0 spiro atoms. The molecule has 0 bridgehead atoms. The summed E-state index contributed by atoms with van der Waals surface area (Å²) in [6.07, 6.45) is 6.76. The van der Waals surface area contributed by atoms with Gasteiger partial charge >= 0.3 is 5.97 Å². The Kier molecular flexibility index (Phi) is 7.77.